The van der Waals surface area contributed by atoms with Gasteiger partial charge in [0.2, 0.25) is 0 Å². The normalized spacial score (nSPS) is 11.9. The van der Waals surface area contributed by atoms with E-state index in [4.69, 9.17) is 9.47 Å². The monoisotopic (exact) mass is 715 g/mol. The van der Waals surface area contributed by atoms with E-state index in [1.807, 2.05) is 24.3 Å². The number of fused-ring (bicyclic) bond motifs is 8. The van der Waals surface area contributed by atoms with Gasteiger partial charge in [-0.1, -0.05) is 140 Å². The maximum Gasteiger partial charge on any atom is 0.263 e. The third-order valence-electron chi connectivity index (χ3n) is 11.0. The Bertz CT molecular complexity index is 3130. The molecule has 1 aliphatic rings. The lowest BCUT2D eigenvalue weighted by Gasteiger charge is -2.20. The fourth-order valence-corrected chi connectivity index (χ4v) is 8.21. The molecular weight excluding hydrogens is 683 g/mol. The van der Waals surface area contributed by atoms with Crippen molar-refractivity contribution < 1.29 is 9.47 Å². The Morgan fingerprint density at radius 2 is 0.661 bits per heavy atom. The van der Waals surface area contributed by atoms with E-state index >= 15 is 0 Å². The van der Waals surface area contributed by atoms with Crippen LogP contribution >= 0.6 is 0 Å². The molecule has 262 valence electrons. The van der Waals surface area contributed by atoms with E-state index in [1.165, 1.54) is 65.7 Å². The zero-order valence-corrected chi connectivity index (χ0v) is 30.3. The van der Waals surface area contributed by atoms with Gasteiger partial charge in [0, 0.05) is 6.20 Å². The predicted molar refractivity (Wildman–Crippen MR) is 231 cm³/mol. The van der Waals surface area contributed by atoms with Gasteiger partial charge in [-0.2, -0.15) is 0 Å². The van der Waals surface area contributed by atoms with Crippen LogP contribution in [-0.2, 0) is 0 Å². The molecule has 9 aromatic carbocycles. The second-order valence-electron chi connectivity index (χ2n) is 14.3. The predicted octanol–water partition coefficient (Wildman–Crippen LogP) is 14.8. The van der Waals surface area contributed by atoms with Crippen LogP contribution in [0.4, 0.5) is 0 Å². The Morgan fingerprint density at radius 3 is 1.16 bits per heavy atom. The highest BCUT2D eigenvalue weighted by Crippen LogP contribution is 2.45. The first-order chi connectivity index (χ1) is 27.7. The molecular formula is C53H33NO2. The molecule has 0 saturated heterocycles. The Morgan fingerprint density at radius 1 is 0.250 bits per heavy atom. The largest absolute Gasteiger partial charge is 0.448 e. The maximum absolute atomic E-state index is 6.10. The molecule has 0 amide bonds. The van der Waals surface area contributed by atoms with Crippen LogP contribution < -0.4 is 9.47 Å². The van der Waals surface area contributed by atoms with E-state index in [-0.39, 0.29) is 0 Å². The van der Waals surface area contributed by atoms with Gasteiger partial charge in [0.15, 0.2) is 17.2 Å². The molecule has 3 heteroatoms. The van der Waals surface area contributed by atoms with Crippen molar-refractivity contribution in [2.24, 2.45) is 0 Å². The molecule has 1 aromatic heterocycles. The molecule has 1 aliphatic heterocycles. The lowest BCUT2D eigenvalue weighted by Crippen LogP contribution is -2.00. The van der Waals surface area contributed by atoms with E-state index in [9.17, 15) is 0 Å². The van der Waals surface area contributed by atoms with Crippen LogP contribution in [-0.4, -0.2) is 4.98 Å². The van der Waals surface area contributed by atoms with Gasteiger partial charge in [0.05, 0.1) is 0 Å². The van der Waals surface area contributed by atoms with Crippen molar-refractivity contribution in [2.45, 2.75) is 0 Å². The topological polar surface area (TPSA) is 31.4 Å². The minimum absolute atomic E-state index is 0.479. The second kappa shape index (κ2) is 13.1. The molecule has 0 spiro atoms. The second-order valence-corrected chi connectivity index (χ2v) is 14.3. The molecule has 0 N–H and O–H groups in total. The van der Waals surface area contributed by atoms with Crippen LogP contribution in [0.3, 0.4) is 0 Å². The van der Waals surface area contributed by atoms with Crippen LogP contribution in [0.2, 0.25) is 0 Å². The van der Waals surface area contributed by atoms with Crippen LogP contribution in [0.25, 0.3) is 88.0 Å². The summed E-state index contributed by atoms with van der Waals surface area (Å²) < 4.78 is 12.1. The number of rotatable bonds is 5. The summed E-state index contributed by atoms with van der Waals surface area (Å²) in [4.78, 5) is 4.32. The van der Waals surface area contributed by atoms with Gasteiger partial charge in [-0.15, -0.1) is 0 Å². The highest BCUT2D eigenvalue weighted by Gasteiger charge is 2.20. The van der Waals surface area contributed by atoms with Gasteiger partial charge >= 0.3 is 0 Å². The smallest absolute Gasteiger partial charge is 0.263 e. The highest BCUT2D eigenvalue weighted by molar-refractivity contribution is 6.25. The maximum atomic E-state index is 6.10. The molecule has 0 saturated carbocycles. The van der Waals surface area contributed by atoms with Crippen molar-refractivity contribution in [3.05, 3.63) is 200 Å². The van der Waals surface area contributed by atoms with E-state index in [0.29, 0.717) is 23.1 Å². The molecule has 0 atom stereocenters. The molecule has 56 heavy (non-hydrogen) atoms. The quantitative estimate of drug-likeness (QED) is 0.166. The minimum Gasteiger partial charge on any atom is -0.448 e. The summed E-state index contributed by atoms with van der Waals surface area (Å²) in [6.07, 6.45) is 1.71. The first-order valence-corrected chi connectivity index (χ1v) is 18.9. The number of hydrogen-bond donors (Lipinski definition) is 0. The summed E-state index contributed by atoms with van der Waals surface area (Å²) in [7, 11) is 0. The summed E-state index contributed by atoms with van der Waals surface area (Å²) in [5.41, 5.74) is 11.6. The number of benzene rings is 9. The Kier molecular flexibility index (Phi) is 7.49. The first-order valence-electron chi connectivity index (χ1n) is 18.9. The van der Waals surface area contributed by atoms with Gasteiger partial charge in [-0.3, -0.25) is 0 Å². The van der Waals surface area contributed by atoms with Crippen molar-refractivity contribution in [2.75, 3.05) is 0 Å². The molecule has 0 aliphatic carbocycles. The Hall–Kier alpha value is -7.49. The highest BCUT2D eigenvalue weighted by atomic mass is 16.6. The van der Waals surface area contributed by atoms with E-state index in [0.717, 1.165) is 22.3 Å². The van der Waals surface area contributed by atoms with Crippen molar-refractivity contribution in [1.29, 1.82) is 0 Å². The van der Waals surface area contributed by atoms with Crippen LogP contribution in [0.5, 0.6) is 23.1 Å². The number of ether oxygens (including phenoxy) is 2. The molecule has 2 heterocycles. The summed E-state index contributed by atoms with van der Waals surface area (Å²) >= 11 is 0. The SMILES string of the molecule is c1cc(-c2cccc(-c3cccc(-c4ccc5c6ccccc6c6ccccc6c5c4)c3)c2)cc(-c2cccc(-c3ccc4c(c3)Oc3ncccc3O4)c2)c1. The van der Waals surface area contributed by atoms with Gasteiger partial charge in [-0.25, -0.2) is 4.98 Å². The number of aromatic nitrogens is 1. The summed E-state index contributed by atoms with van der Waals surface area (Å²) in [6.45, 7) is 0. The number of nitrogens with zero attached hydrogens (tertiary/aromatic N) is 1. The van der Waals surface area contributed by atoms with Gasteiger partial charge in [0.1, 0.15) is 0 Å². The van der Waals surface area contributed by atoms with E-state index in [1.54, 1.807) is 6.20 Å². The fourth-order valence-electron chi connectivity index (χ4n) is 8.21. The van der Waals surface area contributed by atoms with Crippen molar-refractivity contribution in [1.82, 2.24) is 4.98 Å². The zero-order valence-electron chi connectivity index (χ0n) is 30.3. The molecule has 0 radical (unpaired) electrons. The van der Waals surface area contributed by atoms with Crippen molar-refractivity contribution in [3.8, 4) is 78.8 Å². The lowest BCUT2D eigenvalue weighted by atomic mass is 9.91. The Labute approximate surface area is 324 Å². The lowest BCUT2D eigenvalue weighted by molar-refractivity contribution is 0.348. The summed E-state index contributed by atoms with van der Waals surface area (Å²) in [6, 6.07) is 69.4. The van der Waals surface area contributed by atoms with Gasteiger partial charge in [0.25, 0.3) is 5.88 Å². The van der Waals surface area contributed by atoms with E-state index < -0.39 is 0 Å². The molecule has 10 aromatic rings. The third kappa shape index (κ3) is 5.57. The molecule has 3 nitrogen and oxygen atoms in total. The average Bonchev–Trinajstić information content (AvgIpc) is 3.28. The van der Waals surface area contributed by atoms with E-state index in [2.05, 4.69) is 175 Å². The number of hydrogen-bond acceptors (Lipinski definition) is 3. The zero-order chi connectivity index (χ0) is 37.0. The van der Waals surface area contributed by atoms with Crippen molar-refractivity contribution >= 4 is 32.3 Å². The summed E-state index contributed by atoms with van der Waals surface area (Å²) in [5, 5.41) is 7.73. The van der Waals surface area contributed by atoms with Gasteiger partial charge in [-0.05, 0) is 143 Å². The van der Waals surface area contributed by atoms with Crippen LogP contribution in [0, 0.1) is 0 Å². The molecule has 0 fully saturated rings. The van der Waals surface area contributed by atoms with Crippen LogP contribution in [0.1, 0.15) is 0 Å². The standard InChI is InChI=1S/C53H33NO2/c1-2-20-46-44(18-1)45-19-3-4-21-47(45)49-32-42(23-25-48(46)49)40-16-7-14-38(30-40)36-12-5-10-34(28-36)35-11-6-13-37(29-35)39-15-8-17-41(31-39)43-24-26-50-52(33-43)56-53-51(55-50)22-9-27-54-53/h1-33H. The Balaban J connectivity index is 0.901. The van der Waals surface area contributed by atoms with Crippen LogP contribution in [0.15, 0.2) is 200 Å². The first kappa shape index (κ1) is 32.0. The molecule has 11 rings (SSSR count). The fraction of sp³-hybridized carbons (Fsp3) is 0. The molecule has 0 bridgehead atoms. The van der Waals surface area contributed by atoms with Crippen molar-refractivity contribution in [3.63, 3.8) is 0 Å². The molecule has 0 unspecified atom stereocenters. The third-order valence-corrected chi connectivity index (χ3v) is 11.0. The number of pyridine rings is 1. The average molecular weight is 716 g/mol. The summed E-state index contributed by atoms with van der Waals surface area (Å²) in [5.74, 6) is 2.44. The minimum atomic E-state index is 0.479. The van der Waals surface area contributed by atoms with Gasteiger partial charge < -0.3 is 9.47 Å².